The van der Waals surface area contributed by atoms with Gasteiger partial charge in [-0.05, 0) is 18.6 Å². The smallest absolute Gasteiger partial charge is 0.260 e. The van der Waals surface area contributed by atoms with Gasteiger partial charge in [0.05, 0.1) is 0 Å². The lowest BCUT2D eigenvalue weighted by atomic mass is 10.2. The topological polar surface area (TPSA) is 49.9 Å². The minimum atomic E-state index is -0.0264. The number of carbonyl (C=O) groups excluding carboxylic acids is 2. The first-order chi connectivity index (χ1) is 10.2. The highest BCUT2D eigenvalue weighted by Crippen LogP contribution is 2.09. The van der Waals surface area contributed by atoms with Crippen molar-refractivity contribution in [1.82, 2.24) is 9.80 Å². The van der Waals surface area contributed by atoms with Crippen LogP contribution in [-0.2, 0) is 9.59 Å². The summed E-state index contributed by atoms with van der Waals surface area (Å²) >= 11 is 0. The van der Waals surface area contributed by atoms with Gasteiger partial charge in [-0.25, -0.2) is 0 Å². The number of nitrogens with zero attached hydrogens (tertiary/aromatic N) is 2. The van der Waals surface area contributed by atoms with E-state index in [4.69, 9.17) is 4.74 Å². The molecule has 1 aliphatic heterocycles. The van der Waals surface area contributed by atoms with Crippen LogP contribution in [0, 0.1) is 0 Å². The third-order valence-electron chi connectivity index (χ3n) is 3.55. The summed E-state index contributed by atoms with van der Waals surface area (Å²) in [5.41, 5.74) is 0. The van der Waals surface area contributed by atoms with E-state index in [0.29, 0.717) is 38.3 Å². The molecule has 1 heterocycles. The Labute approximate surface area is 125 Å². The van der Waals surface area contributed by atoms with Crippen molar-refractivity contribution in [3.8, 4) is 5.75 Å². The highest BCUT2D eigenvalue weighted by atomic mass is 16.5. The molecule has 0 bridgehead atoms. The molecule has 0 atom stereocenters. The number of amides is 2. The van der Waals surface area contributed by atoms with Crippen LogP contribution in [-0.4, -0.2) is 54.4 Å². The molecule has 114 valence electrons. The Morgan fingerprint density at radius 1 is 1.00 bits per heavy atom. The minimum absolute atomic E-state index is 0.0264. The molecule has 0 unspecified atom stereocenters. The van der Waals surface area contributed by atoms with Gasteiger partial charge in [0.2, 0.25) is 5.91 Å². The third kappa shape index (κ3) is 4.48. The molecular formula is C16H22N2O3. The Balaban J connectivity index is 1.74. The van der Waals surface area contributed by atoms with Crippen molar-refractivity contribution in [1.29, 1.82) is 0 Å². The fourth-order valence-electron chi connectivity index (χ4n) is 2.33. The molecule has 0 spiro atoms. The molecule has 2 rings (SSSR count). The molecule has 0 saturated carbocycles. The zero-order valence-corrected chi connectivity index (χ0v) is 12.5. The van der Waals surface area contributed by atoms with E-state index in [1.54, 1.807) is 4.90 Å². The van der Waals surface area contributed by atoms with E-state index in [2.05, 4.69) is 0 Å². The van der Waals surface area contributed by atoms with Gasteiger partial charge in [-0.15, -0.1) is 0 Å². The predicted molar refractivity (Wildman–Crippen MR) is 80.0 cm³/mol. The lowest BCUT2D eigenvalue weighted by molar-refractivity contribution is -0.140. The molecular weight excluding hydrogens is 268 g/mol. The molecule has 1 fully saturated rings. The fraction of sp³-hybridized carbons (Fsp3) is 0.500. The van der Waals surface area contributed by atoms with Crippen LogP contribution < -0.4 is 4.74 Å². The van der Waals surface area contributed by atoms with E-state index in [9.17, 15) is 9.59 Å². The Kier molecular flexibility index (Phi) is 5.60. The molecule has 1 aromatic carbocycles. The minimum Gasteiger partial charge on any atom is -0.484 e. The van der Waals surface area contributed by atoms with Gasteiger partial charge in [-0.2, -0.15) is 0 Å². The molecule has 1 saturated heterocycles. The SMILES string of the molecule is CCCC(=O)N1CCN(C(=O)COc2ccccc2)CC1. The van der Waals surface area contributed by atoms with Crippen LogP contribution in [0.1, 0.15) is 19.8 Å². The molecule has 0 aromatic heterocycles. The molecule has 5 nitrogen and oxygen atoms in total. The molecule has 1 aromatic rings. The van der Waals surface area contributed by atoms with Gasteiger partial charge in [-0.1, -0.05) is 25.1 Å². The van der Waals surface area contributed by atoms with Gasteiger partial charge in [0.25, 0.3) is 5.91 Å². The molecule has 0 radical (unpaired) electrons. The van der Waals surface area contributed by atoms with Gasteiger partial charge < -0.3 is 14.5 Å². The largest absolute Gasteiger partial charge is 0.484 e. The van der Waals surface area contributed by atoms with Crippen molar-refractivity contribution in [2.24, 2.45) is 0 Å². The highest BCUT2D eigenvalue weighted by Gasteiger charge is 2.23. The second-order valence-corrected chi connectivity index (χ2v) is 5.11. The summed E-state index contributed by atoms with van der Waals surface area (Å²) in [6.07, 6.45) is 1.45. The van der Waals surface area contributed by atoms with Crippen LogP contribution in [0.2, 0.25) is 0 Å². The molecule has 0 aliphatic carbocycles. The van der Waals surface area contributed by atoms with Gasteiger partial charge in [0.1, 0.15) is 5.75 Å². The summed E-state index contributed by atoms with van der Waals surface area (Å²) in [5.74, 6) is 0.856. The van der Waals surface area contributed by atoms with Crippen molar-refractivity contribution in [2.75, 3.05) is 32.8 Å². The lowest BCUT2D eigenvalue weighted by Crippen LogP contribution is -2.51. The Bertz CT molecular complexity index is 468. The van der Waals surface area contributed by atoms with Crippen molar-refractivity contribution in [3.63, 3.8) is 0 Å². The van der Waals surface area contributed by atoms with E-state index in [1.807, 2.05) is 42.2 Å². The van der Waals surface area contributed by atoms with Gasteiger partial charge >= 0.3 is 0 Å². The maximum absolute atomic E-state index is 12.1. The Morgan fingerprint density at radius 3 is 2.14 bits per heavy atom. The first kappa shape index (κ1) is 15.4. The van der Waals surface area contributed by atoms with Gasteiger partial charge in [-0.3, -0.25) is 9.59 Å². The molecule has 0 N–H and O–H groups in total. The molecule has 1 aliphatic rings. The van der Waals surface area contributed by atoms with Gasteiger partial charge in [0.15, 0.2) is 6.61 Å². The van der Waals surface area contributed by atoms with E-state index >= 15 is 0 Å². The monoisotopic (exact) mass is 290 g/mol. The van der Waals surface area contributed by atoms with Crippen LogP contribution in [0.3, 0.4) is 0 Å². The first-order valence-electron chi connectivity index (χ1n) is 7.44. The average molecular weight is 290 g/mol. The van der Waals surface area contributed by atoms with Crippen LogP contribution >= 0.6 is 0 Å². The number of piperazine rings is 1. The third-order valence-corrected chi connectivity index (χ3v) is 3.55. The zero-order chi connectivity index (χ0) is 15.1. The number of hydrogen-bond acceptors (Lipinski definition) is 3. The Hall–Kier alpha value is -2.04. The van der Waals surface area contributed by atoms with Gasteiger partial charge in [0, 0.05) is 32.6 Å². The number of carbonyl (C=O) groups is 2. The standard InChI is InChI=1S/C16H22N2O3/c1-2-6-15(19)17-9-11-18(12-10-17)16(20)13-21-14-7-4-3-5-8-14/h3-5,7-8H,2,6,9-13H2,1H3. The summed E-state index contributed by atoms with van der Waals surface area (Å²) in [6.45, 7) is 4.47. The van der Waals surface area contributed by atoms with Crippen molar-refractivity contribution in [2.45, 2.75) is 19.8 Å². The van der Waals surface area contributed by atoms with E-state index in [0.717, 1.165) is 6.42 Å². The summed E-state index contributed by atoms with van der Waals surface area (Å²) in [6, 6.07) is 9.31. The number of hydrogen-bond donors (Lipinski definition) is 0. The molecule has 2 amide bonds. The lowest BCUT2D eigenvalue weighted by Gasteiger charge is -2.34. The van der Waals surface area contributed by atoms with Crippen molar-refractivity contribution < 1.29 is 14.3 Å². The number of ether oxygens (including phenoxy) is 1. The number of rotatable bonds is 5. The van der Waals surface area contributed by atoms with Crippen LogP contribution in [0.15, 0.2) is 30.3 Å². The number of benzene rings is 1. The van der Waals surface area contributed by atoms with Crippen molar-refractivity contribution in [3.05, 3.63) is 30.3 Å². The zero-order valence-electron chi connectivity index (χ0n) is 12.5. The summed E-state index contributed by atoms with van der Waals surface area (Å²) in [7, 11) is 0. The van der Waals surface area contributed by atoms with Crippen LogP contribution in [0.25, 0.3) is 0 Å². The quantitative estimate of drug-likeness (QED) is 0.826. The number of para-hydroxylation sites is 1. The average Bonchev–Trinajstić information content (AvgIpc) is 2.54. The second kappa shape index (κ2) is 7.67. The van der Waals surface area contributed by atoms with E-state index in [-0.39, 0.29) is 18.4 Å². The summed E-state index contributed by atoms with van der Waals surface area (Å²) in [5, 5.41) is 0. The van der Waals surface area contributed by atoms with Crippen molar-refractivity contribution >= 4 is 11.8 Å². The van der Waals surface area contributed by atoms with Crippen LogP contribution in [0.4, 0.5) is 0 Å². The predicted octanol–water partition coefficient (Wildman–Crippen LogP) is 1.54. The van der Waals surface area contributed by atoms with E-state index < -0.39 is 0 Å². The first-order valence-corrected chi connectivity index (χ1v) is 7.44. The Morgan fingerprint density at radius 2 is 1.57 bits per heavy atom. The molecule has 5 heteroatoms. The van der Waals surface area contributed by atoms with E-state index in [1.165, 1.54) is 0 Å². The summed E-state index contributed by atoms with van der Waals surface area (Å²) in [4.78, 5) is 27.5. The fourth-order valence-corrected chi connectivity index (χ4v) is 2.33. The highest BCUT2D eigenvalue weighted by molar-refractivity contribution is 5.79. The summed E-state index contributed by atoms with van der Waals surface area (Å²) < 4.78 is 5.46. The van der Waals surface area contributed by atoms with Crippen LogP contribution in [0.5, 0.6) is 5.75 Å². The maximum atomic E-state index is 12.1. The second-order valence-electron chi connectivity index (χ2n) is 5.11. The maximum Gasteiger partial charge on any atom is 0.260 e. The molecule has 21 heavy (non-hydrogen) atoms. The normalized spacial score (nSPS) is 14.9.